The normalized spacial score (nSPS) is 12.4. The molecule has 0 aliphatic rings. The summed E-state index contributed by atoms with van der Waals surface area (Å²) in [6.45, 7) is 6.03. The molecule has 100 valence electrons. The van der Waals surface area contributed by atoms with Crippen LogP contribution >= 0.6 is 0 Å². The van der Waals surface area contributed by atoms with Gasteiger partial charge in [-0.1, -0.05) is 13.8 Å². The number of carbonyl (C=O) groups excluding carboxylic acids is 1. The number of phenols is 2. The number of ether oxygens (including phenoxy) is 1. The van der Waals surface area contributed by atoms with Gasteiger partial charge in [-0.2, -0.15) is 0 Å². The zero-order chi connectivity index (χ0) is 13.7. The van der Waals surface area contributed by atoms with Gasteiger partial charge in [0.05, 0.1) is 6.10 Å². The van der Waals surface area contributed by atoms with Crippen molar-refractivity contribution in [2.24, 2.45) is 5.92 Å². The summed E-state index contributed by atoms with van der Waals surface area (Å²) in [5, 5.41) is 18.8. The lowest BCUT2D eigenvalue weighted by Crippen LogP contribution is -2.15. The summed E-state index contributed by atoms with van der Waals surface area (Å²) in [6.07, 6.45) is 1.55. The van der Waals surface area contributed by atoms with Gasteiger partial charge in [0.25, 0.3) is 0 Å². The number of esters is 1. The van der Waals surface area contributed by atoms with E-state index in [0.29, 0.717) is 5.92 Å². The summed E-state index contributed by atoms with van der Waals surface area (Å²) in [4.78, 5) is 11.8. The molecular weight excluding hydrogens is 232 g/mol. The lowest BCUT2D eigenvalue weighted by atomic mass is 10.1. The van der Waals surface area contributed by atoms with Crippen LogP contribution in [0.4, 0.5) is 0 Å². The van der Waals surface area contributed by atoms with Gasteiger partial charge in [0.1, 0.15) is 17.1 Å². The van der Waals surface area contributed by atoms with Crippen molar-refractivity contribution in [2.45, 2.75) is 39.7 Å². The number of rotatable bonds is 5. The van der Waals surface area contributed by atoms with Gasteiger partial charge >= 0.3 is 5.97 Å². The Balaban J connectivity index is 2.62. The van der Waals surface area contributed by atoms with Gasteiger partial charge in [-0.3, -0.25) is 0 Å². The van der Waals surface area contributed by atoms with Crippen LogP contribution in [0.15, 0.2) is 18.2 Å². The Labute approximate surface area is 107 Å². The zero-order valence-corrected chi connectivity index (χ0v) is 11.0. The van der Waals surface area contributed by atoms with Gasteiger partial charge in [0, 0.05) is 0 Å². The standard InChI is InChI=1S/C14H20O4/c1-9(2)4-5-10(3)18-14(17)12-8-11(15)6-7-13(12)16/h6-10,15-16H,4-5H2,1-3H3. The number of carbonyl (C=O) groups is 1. The summed E-state index contributed by atoms with van der Waals surface area (Å²) in [7, 11) is 0. The van der Waals surface area contributed by atoms with Crippen molar-refractivity contribution in [3.63, 3.8) is 0 Å². The van der Waals surface area contributed by atoms with Crippen LogP contribution in [-0.4, -0.2) is 22.3 Å². The van der Waals surface area contributed by atoms with Gasteiger partial charge in [0.2, 0.25) is 0 Å². The molecule has 18 heavy (non-hydrogen) atoms. The molecule has 0 radical (unpaired) electrons. The van der Waals surface area contributed by atoms with Crippen LogP contribution in [0.2, 0.25) is 0 Å². The molecule has 4 heteroatoms. The fourth-order valence-corrected chi connectivity index (χ4v) is 1.56. The van der Waals surface area contributed by atoms with Gasteiger partial charge in [-0.25, -0.2) is 4.79 Å². The smallest absolute Gasteiger partial charge is 0.342 e. The first-order valence-corrected chi connectivity index (χ1v) is 6.13. The first-order valence-electron chi connectivity index (χ1n) is 6.13. The van der Waals surface area contributed by atoms with Crippen LogP contribution in [-0.2, 0) is 4.74 Å². The predicted molar refractivity (Wildman–Crippen MR) is 68.7 cm³/mol. The highest BCUT2D eigenvalue weighted by atomic mass is 16.5. The van der Waals surface area contributed by atoms with E-state index in [0.717, 1.165) is 12.8 Å². The average Bonchev–Trinajstić information content (AvgIpc) is 2.29. The van der Waals surface area contributed by atoms with Crippen molar-refractivity contribution >= 4 is 5.97 Å². The second-order valence-electron chi connectivity index (χ2n) is 4.89. The van der Waals surface area contributed by atoms with Crippen LogP contribution in [0, 0.1) is 5.92 Å². The molecule has 1 unspecified atom stereocenters. The fourth-order valence-electron chi connectivity index (χ4n) is 1.56. The SMILES string of the molecule is CC(C)CCC(C)OC(=O)c1cc(O)ccc1O. The summed E-state index contributed by atoms with van der Waals surface area (Å²) >= 11 is 0. The van der Waals surface area contributed by atoms with Crippen molar-refractivity contribution in [3.05, 3.63) is 23.8 Å². The molecule has 1 atom stereocenters. The zero-order valence-electron chi connectivity index (χ0n) is 11.0. The fraction of sp³-hybridized carbons (Fsp3) is 0.500. The maximum absolute atomic E-state index is 11.8. The molecule has 2 N–H and O–H groups in total. The molecule has 0 saturated heterocycles. The molecule has 0 fully saturated rings. The number of phenolic OH excluding ortho intramolecular Hbond substituents is 2. The number of hydrogen-bond acceptors (Lipinski definition) is 4. The minimum absolute atomic E-state index is 0.00797. The lowest BCUT2D eigenvalue weighted by Gasteiger charge is -2.15. The van der Waals surface area contributed by atoms with Gasteiger partial charge in [-0.15, -0.1) is 0 Å². The molecule has 1 aromatic carbocycles. The molecule has 1 rings (SSSR count). The molecular formula is C14H20O4. The summed E-state index contributed by atoms with van der Waals surface area (Å²) in [5.41, 5.74) is -0.00797. The average molecular weight is 252 g/mol. The highest BCUT2D eigenvalue weighted by Gasteiger charge is 2.16. The monoisotopic (exact) mass is 252 g/mol. The first kappa shape index (κ1) is 14.4. The highest BCUT2D eigenvalue weighted by Crippen LogP contribution is 2.23. The lowest BCUT2D eigenvalue weighted by molar-refractivity contribution is 0.0310. The Morgan fingerprint density at radius 3 is 2.50 bits per heavy atom. The van der Waals surface area contributed by atoms with Crippen molar-refractivity contribution in [3.8, 4) is 11.5 Å². The van der Waals surface area contributed by atoms with Gasteiger partial charge in [-0.05, 0) is 43.9 Å². The molecule has 0 amide bonds. The third-order valence-electron chi connectivity index (χ3n) is 2.66. The quantitative estimate of drug-likeness (QED) is 0.624. The van der Waals surface area contributed by atoms with Gasteiger partial charge < -0.3 is 14.9 Å². The van der Waals surface area contributed by atoms with E-state index in [9.17, 15) is 15.0 Å². The number of aromatic hydroxyl groups is 2. The van der Waals surface area contributed by atoms with Crippen molar-refractivity contribution in [1.29, 1.82) is 0 Å². The van der Waals surface area contributed by atoms with E-state index in [1.54, 1.807) is 0 Å². The Kier molecular flexibility index (Phi) is 5.01. The third-order valence-corrected chi connectivity index (χ3v) is 2.66. The number of benzene rings is 1. The van der Waals surface area contributed by atoms with E-state index in [1.807, 2.05) is 6.92 Å². The maximum atomic E-state index is 11.8. The van der Waals surface area contributed by atoms with E-state index < -0.39 is 5.97 Å². The summed E-state index contributed by atoms with van der Waals surface area (Å²) < 4.78 is 5.21. The molecule has 0 spiro atoms. The Hall–Kier alpha value is -1.71. The molecule has 0 saturated carbocycles. The molecule has 1 aromatic rings. The Morgan fingerprint density at radius 2 is 1.89 bits per heavy atom. The molecule has 4 nitrogen and oxygen atoms in total. The molecule has 0 aliphatic heterocycles. The second-order valence-corrected chi connectivity index (χ2v) is 4.89. The van der Waals surface area contributed by atoms with E-state index in [1.165, 1.54) is 18.2 Å². The van der Waals surface area contributed by atoms with E-state index >= 15 is 0 Å². The van der Waals surface area contributed by atoms with E-state index in [-0.39, 0.29) is 23.2 Å². The van der Waals surface area contributed by atoms with Gasteiger partial charge in [0.15, 0.2) is 0 Å². The molecule has 0 bridgehead atoms. The largest absolute Gasteiger partial charge is 0.508 e. The molecule has 0 aromatic heterocycles. The van der Waals surface area contributed by atoms with Crippen LogP contribution in [0.1, 0.15) is 44.0 Å². The van der Waals surface area contributed by atoms with Crippen LogP contribution < -0.4 is 0 Å². The van der Waals surface area contributed by atoms with Crippen molar-refractivity contribution in [2.75, 3.05) is 0 Å². The Morgan fingerprint density at radius 1 is 1.22 bits per heavy atom. The maximum Gasteiger partial charge on any atom is 0.342 e. The Bertz CT molecular complexity index is 412. The van der Waals surface area contributed by atoms with E-state index in [4.69, 9.17) is 4.74 Å². The topological polar surface area (TPSA) is 66.8 Å². The van der Waals surface area contributed by atoms with Crippen LogP contribution in [0.5, 0.6) is 11.5 Å². The first-order chi connectivity index (χ1) is 8.40. The second kappa shape index (κ2) is 6.28. The van der Waals surface area contributed by atoms with Crippen LogP contribution in [0.3, 0.4) is 0 Å². The third kappa shape index (κ3) is 4.28. The molecule has 0 heterocycles. The minimum atomic E-state index is -0.611. The minimum Gasteiger partial charge on any atom is -0.508 e. The van der Waals surface area contributed by atoms with E-state index in [2.05, 4.69) is 13.8 Å². The van der Waals surface area contributed by atoms with Crippen molar-refractivity contribution in [1.82, 2.24) is 0 Å². The predicted octanol–water partition coefficient (Wildman–Crippen LogP) is 3.08. The summed E-state index contributed by atoms with van der Waals surface area (Å²) in [6, 6.07) is 3.78. The summed E-state index contributed by atoms with van der Waals surface area (Å²) in [5.74, 6) is -0.316. The highest BCUT2D eigenvalue weighted by molar-refractivity contribution is 5.92. The van der Waals surface area contributed by atoms with Crippen LogP contribution in [0.25, 0.3) is 0 Å². The van der Waals surface area contributed by atoms with Crippen molar-refractivity contribution < 1.29 is 19.7 Å². The molecule has 0 aliphatic carbocycles. The number of hydrogen-bond donors (Lipinski definition) is 2.